The van der Waals surface area contributed by atoms with Crippen molar-refractivity contribution in [3.63, 3.8) is 0 Å². The second-order valence-electron chi connectivity index (χ2n) is 12.5. The lowest BCUT2D eigenvalue weighted by molar-refractivity contribution is -0.202. The molecule has 54 heavy (non-hydrogen) atoms. The number of nitriles is 1. The van der Waals surface area contributed by atoms with Crippen LogP contribution in [-0.4, -0.2) is 65.9 Å². The average molecular weight is 751 g/mol. The number of halogens is 3. The molecule has 3 amide bonds. The molecule has 1 saturated heterocycles. The monoisotopic (exact) mass is 750 g/mol. The van der Waals surface area contributed by atoms with Crippen molar-refractivity contribution in [2.45, 2.75) is 64.5 Å². The standard InChI is InChI=1S/C37H33F3N4O10/c1-20(45)51-29-17-30(32(47)50-5)54-33(31(29)52-21(2)46)53-26-14-11-24(12-15-26)42-28-9-7-6-8-23(28)19-43-35(49)44(34(48)36(43,3)4)25-13-10-22(18-41)27(16-25)37(38,39)40/h6-17,29,31,33,42H,19H2,1-5H3/t29-,31+,33+/m1/s1. The number of carbonyl (C=O) groups excluding carboxylic acids is 5. The van der Waals surface area contributed by atoms with Crippen LogP contribution in [0, 0.1) is 11.3 Å². The van der Waals surface area contributed by atoms with Crippen LogP contribution in [0.25, 0.3) is 0 Å². The first kappa shape index (κ1) is 38.7. The van der Waals surface area contributed by atoms with Crippen LogP contribution in [0.1, 0.15) is 44.4 Å². The number of anilines is 3. The molecule has 17 heteroatoms. The SMILES string of the molecule is COC(=O)C1=C[C@@H](OC(C)=O)[C@H](OC(C)=O)[C@@H](Oc2ccc(Nc3ccccc3CN3C(=O)N(c4ccc(C#N)c(C(F)(F)F)c4)C(=O)C3(C)C)cc2)O1. The Kier molecular flexibility index (Phi) is 10.9. The third-order valence-corrected chi connectivity index (χ3v) is 8.38. The molecule has 0 unspecified atom stereocenters. The van der Waals surface area contributed by atoms with Crippen LogP contribution >= 0.6 is 0 Å². The molecule has 3 aromatic rings. The lowest BCUT2D eigenvalue weighted by atomic mass is 10.0. The fraction of sp³-hybridized carbons (Fsp3) is 0.297. The highest BCUT2D eigenvalue weighted by Gasteiger charge is 2.52. The summed E-state index contributed by atoms with van der Waals surface area (Å²) in [5.41, 5.74) is -2.08. The van der Waals surface area contributed by atoms with Gasteiger partial charge in [-0.3, -0.25) is 14.4 Å². The first-order valence-electron chi connectivity index (χ1n) is 16.1. The third kappa shape index (κ3) is 8.07. The molecule has 1 N–H and O–H groups in total. The van der Waals surface area contributed by atoms with Crippen LogP contribution in [0.3, 0.4) is 0 Å². The van der Waals surface area contributed by atoms with Gasteiger partial charge >= 0.3 is 30.1 Å². The van der Waals surface area contributed by atoms with Crippen molar-refractivity contribution in [3.05, 3.63) is 95.3 Å². The van der Waals surface area contributed by atoms with Gasteiger partial charge in [-0.2, -0.15) is 18.4 Å². The maximum atomic E-state index is 13.7. The molecule has 0 radical (unpaired) electrons. The highest BCUT2D eigenvalue weighted by Crippen LogP contribution is 2.39. The number of amides is 3. The first-order valence-corrected chi connectivity index (χ1v) is 16.1. The number of methoxy groups -OCH3 is 1. The number of para-hydroxylation sites is 1. The third-order valence-electron chi connectivity index (χ3n) is 8.38. The summed E-state index contributed by atoms with van der Waals surface area (Å²) >= 11 is 0. The van der Waals surface area contributed by atoms with Crippen molar-refractivity contribution >= 4 is 46.9 Å². The maximum Gasteiger partial charge on any atom is 0.417 e. The number of rotatable bonds is 10. The first-order chi connectivity index (χ1) is 25.4. The van der Waals surface area contributed by atoms with Gasteiger partial charge in [0.05, 0.1) is 36.5 Å². The molecule has 0 aromatic heterocycles. The molecule has 0 aliphatic carbocycles. The lowest BCUT2D eigenvalue weighted by Crippen LogP contribution is -2.49. The Bertz CT molecular complexity index is 2060. The van der Waals surface area contributed by atoms with Crippen LogP contribution < -0.4 is 15.0 Å². The largest absolute Gasteiger partial charge is 0.463 e. The normalized spacial score (nSPS) is 19.2. The van der Waals surface area contributed by atoms with E-state index >= 15 is 0 Å². The van der Waals surface area contributed by atoms with Gasteiger partial charge in [-0.15, -0.1) is 0 Å². The molecule has 3 atom stereocenters. The van der Waals surface area contributed by atoms with Crippen molar-refractivity contribution in [3.8, 4) is 11.8 Å². The van der Waals surface area contributed by atoms with E-state index in [4.69, 9.17) is 23.7 Å². The summed E-state index contributed by atoms with van der Waals surface area (Å²) in [7, 11) is 1.12. The predicted molar refractivity (Wildman–Crippen MR) is 182 cm³/mol. The summed E-state index contributed by atoms with van der Waals surface area (Å²) < 4.78 is 68.0. The van der Waals surface area contributed by atoms with Crippen LogP contribution in [0.2, 0.25) is 0 Å². The van der Waals surface area contributed by atoms with Gasteiger partial charge in [0.2, 0.25) is 11.9 Å². The summed E-state index contributed by atoms with van der Waals surface area (Å²) in [5, 5.41) is 12.4. The second kappa shape index (κ2) is 15.2. The van der Waals surface area contributed by atoms with Gasteiger partial charge in [0, 0.05) is 31.3 Å². The van der Waals surface area contributed by atoms with Crippen LogP contribution in [0.15, 0.2) is 78.6 Å². The highest BCUT2D eigenvalue weighted by atomic mass is 19.4. The van der Waals surface area contributed by atoms with E-state index in [0.29, 0.717) is 27.9 Å². The van der Waals surface area contributed by atoms with E-state index in [9.17, 15) is 42.4 Å². The van der Waals surface area contributed by atoms with Crippen molar-refractivity contribution in [2.24, 2.45) is 0 Å². The number of benzene rings is 3. The highest BCUT2D eigenvalue weighted by molar-refractivity contribution is 6.23. The van der Waals surface area contributed by atoms with Gasteiger partial charge in [0.15, 0.2) is 6.10 Å². The van der Waals surface area contributed by atoms with Crippen molar-refractivity contribution in [2.75, 3.05) is 17.3 Å². The van der Waals surface area contributed by atoms with Gasteiger partial charge in [0.1, 0.15) is 11.3 Å². The average Bonchev–Trinajstić information content (AvgIpc) is 3.28. The number of carbonyl (C=O) groups is 5. The Morgan fingerprint density at radius 1 is 0.981 bits per heavy atom. The molecule has 0 saturated carbocycles. The number of nitrogens with one attached hydrogen (secondary N) is 1. The van der Waals surface area contributed by atoms with E-state index < -0.39 is 71.2 Å². The van der Waals surface area contributed by atoms with Gasteiger partial charge in [-0.1, -0.05) is 18.2 Å². The molecule has 2 heterocycles. The number of hydrogen-bond acceptors (Lipinski definition) is 12. The summed E-state index contributed by atoms with van der Waals surface area (Å²) in [4.78, 5) is 65.1. The van der Waals surface area contributed by atoms with Crippen LogP contribution in [0.5, 0.6) is 5.75 Å². The molecule has 14 nitrogen and oxygen atoms in total. The molecule has 5 rings (SSSR count). The molecule has 1 fully saturated rings. The maximum absolute atomic E-state index is 13.7. The zero-order chi connectivity index (χ0) is 39.5. The van der Waals surface area contributed by atoms with E-state index in [2.05, 4.69) is 5.32 Å². The number of ether oxygens (including phenoxy) is 5. The summed E-state index contributed by atoms with van der Waals surface area (Å²) in [6, 6.07) is 16.5. The smallest absolute Gasteiger partial charge is 0.417 e. The van der Waals surface area contributed by atoms with E-state index in [1.54, 1.807) is 36.4 Å². The minimum absolute atomic E-state index is 0.114. The minimum Gasteiger partial charge on any atom is -0.463 e. The predicted octanol–water partition coefficient (Wildman–Crippen LogP) is 5.72. The summed E-state index contributed by atoms with van der Waals surface area (Å²) in [5.74, 6) is -3.23. The quantitative estimate of drug-likeness (QED) is 0.152. The summed E-state index contributed by atoms with van der Waals surface area (Å²) in [6.07, 6.45) is -7.73. The van der Waals surface area contributed by atoms with Crippen molar-refractivity contribution in [1.29, 1.82) is 5.26 Å². The Hall–Kier alpha value is -6.57. The minimum atomic E-state index is -4.90. The van der Waals surface area contributed by atoms with Crippen molar-refractivity contribution in [1.82, 2.24) is 4.90 Å². The van der Waals surface area contributed by atoms with E-state index in [0.717, 1.165) is 39.2 Å². The number of hydrogen-bond donors (Lipinski definition) is 1. The molecule has 0 bridgehead atoms. The molecule has 3 aromatic carbocycles. The Labute approximate surface area is 306 Å². The molecule has 0 spiro atoms. The van der Waals surface area contributed by atoms with E-state index in [1.165, 1.54) is 36.9 Å². The zero-order valence-electron chi connectivity index (χ0n) is 29.4. The summed E-state index contributed by atoms with van der Waals surface area (Å²) in [6.45, 7) is 5.12. The molecular formula is C37H33F3N4O10. The van der Waals surface area contributed by atoms with Gasteiger partial charge in [0.25, 0.3) is 12.2 Å². The number of esters is 3. The molecule has 282 valence electrons. The fourth-order valence-electron chi connectivity index (χ4n) is 5.73. The molecular weight excluding hydrogens is 717 g/mol. The van der Waals surface area contributed by atoms with Gasteiger partial charge in [-0.25, -0.2) is 14.5 Å². The van der Waals surface area contributed by atoms with Gasteiger partial charge < -0.3 is 33.9 Å². The fourth-order valence-corrected chi connectivity index (χ4v) is 5.73. The van der Waals surface area contributed by atoms with E-state index in [1.807, 2.05) is 0 Å². The Balaban J connectivity index is 1.35. The number of urea groups is 1. The molecule has 2 aliphatic heterocycles. The number of imide groups is 1. The zero-order valence-corrected chi connectivity index (χ0v) is 29.4. The second-order valence-corrected chi connectivity index (χ2v) is 12.5. The van der Waals surface area contributed by atoms with Crippen LogP contribution in [-0.2, 0) is 50.8 Å². The lowest BCUT2D eigenvalue weighted by Gasteiger charge is -2.34. The molecule has 2 aliphatic rings. The van der Waals surface area contributed by atoms with Crippen molar-refractivity contribution < 1.29 is 60.8 Å². The number of alkyl halides is 3. The number of nitrogens with zero attached hydrogens (tertiary/aromatic N) is 3. The van der Waals surface area contributed by atoms with E-state index in [-0.39, 0.29) is 23.7 Å². The Morgan fingerprint density at radius 2 is 1.65 bits per heavy atom. The topological polar surface area (TPSA) is 174 Å². The Morgan fingerprint density at radius 3 is 2.26 bits per heavy atom. The van der Waals surface area contributed by atoms with Crippen LogP contribution in [0.4, 0.5) is 35.0 Å². The van der Waals surface area contributed by atoms with Gasteiger partial charge in [-0.05, 0) is 67.9 Å².